The van der Waals surface area contributed by atoms with Gasteiger partial charge in [-0.3, -0.25) is 4.79 Å². The van der Waals surface area contributed by atoms with Crippen LogP contribution in [0.3, 0.4) is 0 Å². The molecule has 0 spiro atoms. The summed E-state index contributed by atoms with van der Waals surface area (Å²) in [7, 11) is 0. The standard InChI is InChI=1S/C3H7NO2S/c4-2(1-7)3(5)6/h2,7H,1,4H2,(H,5,6)/t2-/m0/s1/i1D2. The summed E-state index contributed by atoms with van der Waals surface area (Å²) in [4.78, 5) is 9.93. The summed E-state index contributed by atoms with van der Waals surface area (Å²) in [6.45, 7) is 0. The number of thiol groups is 1. The van der Waals surface area contributed by atoms with Crippen LogP contribution in [0.4, 0.5) is 0 Å². The molecule has 3 N–H and O–H groups in total. The Kier molecular flexibility index (Phi) is 1.54. The monoisotopic (exact) mass is 123 g/mol. The van der Waals surface area contributed by atoms with E-state index < -0.39 is 17.7 Å². The molecular formula is C3H7NO2S. The van der Waals surface area contributed by atoms with Crippen molar-refractivity contribution < 1.29 is 12.6 Å². The highest BCUT2D eigenvalue weighted by Crippen LogP contribution is 1.80. The van der Waals surface area contributed by atoms with Crippen LogP contribution in [0.25, 0.3) is 0 Å². The van der Waals surface area contributed by atoms with E-state index in [0.29, 0.717) is 0 Å². The van der Waals surface area contributed by atoms with Gasteiger partial charge in [0.25, 0.3) is 0 Å². The molecule has 0 amide bonds. The zero-order valence-electron chi connectivity index (χ0n) is 5.46. The van der Waals surface area contributed by atoms with Crippen LogP contribution in [-0.2, 0) is 4.79 Å². The van der Waals surface area contributed by atoms with Crippen LogP contribution in [0.15, 0.2) is 0 Å². The fraction of sp³-hybridized carbons (Fsp3) is 0.667. The van der Waals surface area contributed by atoms with Crippen LogP contribution in [0.2, 0.25) is 0 Å². The average Bonchev–Trinajstić information content (AvgIpc) is 1.62. The highest BCUT2D eigenvalue weighted by Gasteiger charge is 2.06. The summed E-state index contributed by atoms with van der Waals surface area (Å²) in [5.74, 6) is -1.39. The van der Waals surface area contributed by atoms with Crippen LogP contribution >= 0.6 is 12.6 Å². The lowest BCUT2D eigenvalue weighted by Crippen LogP contribution is -2.31. The minimum absolute atomic E-state index is 1.39. The van der Waals surface area contributed by atoms with Gasteiger partial charge in [-0.25, -0.2) is 0 Å². The van der Waals surface area contributed by atoms with Crippen molar-refractivity contribution in [2.24, 2.45) is 5.73 Å². The van der Waals surface area contributed by atoms with E-state index in [2.05, 4.69) is 12.6 Å². The second-order valence-electron chi connectivity index (χ2n) is 0.945. The lowest BCUT2D eigenvalue weighted by Gasteiger charge is -1.96. The number of aliphatic carboxylic acids is 1. The smallest absolute Gasteiger partial charge is 0.321 e. The number of carboxylic acids is 1. The molecule has 0 radical (unpaired) electrons. The van der Waals surface area contributed by atoms with Crippen molar-refractivity contribution in [2.45, 2.75) is 6.04 Å². The molecule has 7 heavy (non-hydrogen) atoms. The molecule has 42 valence electrons. The van der Waals surface area contributed by atoms with Crippen molar-refractivity contribution in [1.82, 2.24) is 0 Å². The lowest BCUT2D eigenvalue weighted by molar-refractivity contribution is -0.137. The molecule has 0 aliphatic carbocycles. The summed E-state index contributed by atoms with van der Waals surface area (Å²) < 4.78 is 13.4. The predicted molar refractivity (Wildman–Crippen MR) is 29.5 cm³/mol. The van der Waals surface area contributed by atoms with E-state index in [-0.39, 0.29) is 0 Å². The van der Waals surface area contributed by atoms with Gasteiger partial charge in [-0.1, -0.05) is 0 Å². The first-order chi connectivity index (χ1) is 3.85. The molecule has 0 aliphatic rings. The molecule has 0 unspecified atom stereocenters. The molecule has 0 saturated heterocycles. The normalized spacial score (nSPS) is 19.7. The molecule has 4 heteroatoms. The molecule has 0 heterocycles. The molecule has 0 aromatic rings. The van der Waals surface area contributed by atoms with Crippen LogP contribution in [-0.4, -0.2) is 22.8 Å². The van der Waals surface area contributed by atoms with Gasteiger partial charge in [0, 0.05) is 8.45 Å². The summed E-state index contributed by atoms with van der Waals surface area (Å²) >= 11 is 3.32. The summed E-state index contributed by atoms with van der Waals surface area (Å²) in [5.41, 5.74) is 2.70. The molecule has 0 bridgehead atoms. The van der Waals surface area contributed by atoms with E-state index in [9.17, 15) is 4.79 Å². The number of carboxylic acid groups (broad SMARTS) is 1. The number of rotatable bonds is 2. The van der Waals surface area contributed by atoms with Crippen molar-refractivity contribution in [1.29, 1.82) is 0 Å². The largest absolute Gasteiger partial charge is 0.480 e. The van der Waals surface area contributed by atoms with Gasteiger partial charge >= 0.3 is 5.97 Å². The highest BCUT2D eigenvalue weighted by molar-refractivity contribution is 7.80. The van der Waals surface area contributed by atoms with Crippen molar-refractivity contribution >= 4 is 18.6 Å². The Morgan fingerprint density at radius 1 is 2.29 bits per heavy atom. The molecule has 3 nitrogen and oxygen atoms in total. The van der Waals surface area contributed by atoms with Gasteiger partial charge in [-0.15, -0.1) is 0 Å². The molecule has 0 aromatic carbocycles. The van der Waals surface area contributed by atoms with Gasteiger partial charge in [-0.2, -0.15) is 12.6 Å². The van der Waals surface area contributed by atoms with Gasteiger partial charge in [-0.05, 0) is 0 Å². The van der Waals surface area contributed by atoms with Crippen molar-refractivity contribution in [3.8, 4) is 0 Å². The van der Waals surface area contributed by atoms with E-state index in [1.54, 1.807) is 0 Å². The second-order valence-corrected chi connectivity index (χ2v) is 1.20. The minimum atomic E-state index is -2.15. The van der Waals surface area contributed by atoms with Gasteiger partial charge in [0.15, 0.2) is 0 Å². The van der Waals surface area contributed by atoms with Crippen molar-refractivity contribution in [3.63, 3.8) is 0 Å². The Bertz CT molecular complexity index is 123. The van der Waals surface area contributed by atoms with E-state index in [1.165, 1.54) is 0 Å². The Labute approximate surface area is 49.7 Å². The SMILES string of the molecule is [2H]C([2H])(S)[C@H](N)C(=O)O. The zero-order valence-corrected chi connectivity index (χ0v) is 4.35. The maximum absolute atomic E-state index is 9.93. The quantitative estimate of drug-likeness (QED) is 0.427. The molecular weight excluding hydrogens is 114 g/mol. The average molecular weight is 123 g/mol. The number of nitrogens with two attached hydrogens (primary N) is 1. The Morgan fingerprint density at radius 2 is 2.71 bits per heavy atom. The minimum Gasteiger partial charge on any atom is -0.480 e. The third-order valence-corrected chi connectivity index (χ3v) is 0.683. The summed E-state index contributed by atoms with van der Waals surface area (Å²) in [6.07, 6.45) is 0. The molecule has 0 aliphatic heterocycles. The lowest BCUT2D eigenvalue weighted by atomic mass is 10.4. The number of hydrogen-bond acceptors (Lipinski definition) is 3. The molecule has 0 fully saturated rings. The van der Waals surface area contributed by atoms with Crippen molar-refractivity contribution in [2.75, 3.05) is 5.70 Å². The van der Waals surface area contributed by atoms with Gasteiger partial charge in [0.05, 0.1) is 0 Å². The van der Waals surface area contributed by atoms with Crippen LogP contribution in [0.1, 0.15) is 2.74 Å². The maximum Gasteiger partial charge on any atom is 0.321 e. The molecule has 0 saturated carbocycles. The van der Waals surface area contributed by atoms with Gasteiger partial charge < -0.3 is 10.8 Å². The summed E-state index contributed by atoms with van der Waals surface area (Å²) in [6, 6.07) is -1.57. The van der Waals surface area contributed by atoms with Gasteiger partial charge in [0.2, 0.25) is 0 Å². The van der Waals surface area contributed by atoms with E-state index in [1.807, 2.05) is 0 Å². The molecule has 0 aromatic heterocycles. The fourth-order valence-electron chi connectivity index (χ4n) is 0.0552. The third kappa shape index (κ3) is 2.47. The maximum atomic E-state index is 9.93. The van der Waals surface area contributed by atoms with Crippen LogP contribution in [0, 0.1) is 0 Å². The first-order valence-electron chi connectivity index (χ1n) is 2.56. The number of hydrogen-bond donors (Lipinski definition) is 3. The van der Waals surface area contributed by atoms with Crippen LogP contribution < -0.4 is 5.73 Å². The second kappa shape index (κ2) is 2.87. The van der Waals surface area contributed by atoms with E-state index >= 15 is 0 Å². The topological polar surface area (TPSA) is 63.3 Å². The molecule has 0 rings (SSSR count). The van der Waals surface area contributed by atoms with E-state index in [4.69, 9.17) is 13.6 Å². The number of carbonyl (C=O) groups is 1. The first kappa shape index (κ1) is 3.74. The third-order valence-electron chi connectivity index (χ3n) is 0.405. The van der Waals surface area contributed by atoms with E-state index in [0.717, 1.165) is 0 Å². The first-order valence-corrected chi connectivity index (χ1v) is 2.01. The Balaban J connectivity index is 4.04. The zero-order chi connectivity index (χ0) is 7.65. The molecule has 1 atom stereocenters. The fourth-order valence-corrected chi connectivity index (χ4v) is 0.166. The Hall–Kier alpha value is -0.220. The Morgan fingerprint density at radius 3 is 2.71 bits per heavy atom. The summed E-state index contributed by atoms with van der Waals surface area (Å²) in [5, 5.41) is 8.10. The highest BCUT2D eigenvalue weighted by atomic mass is 32.1. The van der Waals surface area contributed by atoms with Gasteiger partial charge in [0.1, 0.15) is 6.04 Å². The van der Waals surface area contributed by atoms with Crippen molar-refractivity contribution in [3.05, 3.63) is 0 Å². The van der Waals surface area contributed by atoms with Crippen LogP contribution in [0.5, 0.6) is 0 Å². The predicted octanol–water partition coefficient (Wildman–Crippen LogP) is -0.672.